The molecule has 16 heavy (non-hydrogen) atoms. The van der Waals surface area contributed by atoms with Gasteiger partial charge in [0, 0.05) is 38.9 Å². The second kappa shape index (κ2) is 5.12. The van der Waals surface area contributed by atoms with E-state index in [9.17, 15) is 4.79 Å². The van der Waals surface area contributed by atoms with Crippen LogP contribution in [-0.4, -0.2) is 41.2 Å². The standard InChI is InChI=1S/C11H20N4O/c1-8-10(9(2)15(5)13-8)6-12-7-11(16)14(3)4/h12H,6-7H2,1-5H3. The second-order valence-corrected chi connectivity index (χ2v) is 4.16. The van der Waals surface area contributed by atoms with Crippen LogP contribution in [0.25, 0.3) is 0 Å². The van der Waals surface area contributed by atoms with Crippen molar-refractivity contribution in [3.63, 3.8) is 0 Å². The zero-order valence-corrected chi connectivity index (χ0v) is 10.7. The quantitative estimate of drug-likeness (QED) is 0.795. The van der Waals surface area contributed by atoms with Crippen LogP contribution in [0.3, 0.4) is 0 Å². The van der Waals surface area contributed by atoms with Gasteiger partial charge in [0.05, 0.1) is 12.2 Å². The molecule has 1 amide bonds. The van der Waals surface area contributed by atoms with Gasteiger partial charge in [-0.2, -0.15) is 5.10 Å². The molecule has 0 saturated carbocycles. The highest BCUT2D eigenvalue weighted by atomic mass is 16.2. The van der Waals surface area contributed by atoms with E-state index >= 15 is 0 Å². The van der Waals surface area contributed by atoms with Crippen molar-refractivity contribution in [3.8, 4) is 0 Å². The molecular weight excluding hydrogens is 204 g/mol. The van der Waals surface area contributed by atoms with Crippen LogP contribution in [0.5, 0.6) is 0 Å². The molecule has 0 aliphatic rings. The summed E-state index contributed by atoms with van der Waals surface area (Å²) in [7, 11) is 5.44. The number of hydrogen-bond acceptors (Lipinski definition) is 3. The first-order valence-electron chi connectivity index (χ1n) is 5.33. The minimum absolute atomic E-state index is 0.0826. The maximum atomic E-state index is 11.4. The predicted molar refractivity (Wildman–Crippen MR) is 63.1 cm³/mol. The van der Waals surface area contributed by atoms with Crippen molar-refractivity contribution in [2.75, 3.05) is 20.6 Å². The second-order valence-electron chi connectivity index (χ2n) is 4.16. The van der Waals surface area contributed by atoms with E-state index in [4.69, 9.17) is 0 Å². The highest BCUT2D eigenvalue weighted by molar-refractivity contribution is 5.77. The van der Waals surface area contributed by atoms with Crippen molar-refractivity contribution < 1.29 is 4.79 Å². The summed E-state index contributed by atoms with van der Waals surface area (Å²) < 4.78 is 1.86. The number of rotatable bonds is 4. The van der Waals surface area contributed by atoms with E-state index in [-0.39, 0.29) is 5.91 Å². The van der Waals surface area contributed by atoms with Gasteiger partial charge in [0.2, 0.25) is 5.91 Å². The largest absolute Gasteiger partial charge is 0.348 e. The highest BCUT2D eigenvalue weighted by Crippen LogP contribution is 2.10. The first-order chi connectivity index (χ1) is 7.43. The molecule has 90 valence electrons. The van der Waals surface area contributed by atoms with Crippen molar-refractivity contribution in [1.29, 1.82) is 0 Å². The molecule has 0 unspecified atom stereocenters. The lowest BCUT2D eigenvalue weighted by atomic mass is 10.2. The molecule has 0 saturated heterocycles. The van der Waals surface area contributed by atoms with Crippen LogP contribution in [0.2, 0.25) is 0 Å². The van der Waals surface area contributed by atoms with Crippen molar-refractivity contribution in [1.82, 2.24) is 20.0 Å². The van der Waals surface area contributed by atoms with Gasteiger partial charge in [-0.05, 0) is 13.8 Å². The number of carbonyl (C=O) groups excluding carboxylic acids is 1. The Hall–Kier alpha value is -1.36. The molecule has 0 atom stereocenters. The first kappa shape index (κ1) is 12.7. The predicted octanol–water partition coefficient (Wildman–Crippen LogP) is 0.215. The highest BCUT2D eigenvalue weighted by Gasteiger charge is 2.09. The normalized spacial score (nSPS) is 10.6. The molecule has 0 aliphatic carbocycles. The number of amides is 1. The lowest BCUT2D eigenvalue weighted by Crippen LogP contribution is -2.32. The number of aryl methyl sites for hydroxylation is 2. The van der Waals surface area contributed by atoms with E-state index in [2.05, 4.69) is 10.4 Å². The topological polar surface area (TPSA) is 50.2 Å². The van der Waals surface area contributed by atoms with Gasteiger partial charge in [0.25, 0.3) is 0 Å². The summed E-state index contributed by atoms with van der Waals surface area (Å²) in [5.41, 5.74) is 3.33. The third kappa shape index (κ3) is 2.82. The van der Waals surface area contributed by atoms with Crippen LogP contribution >= 0.6 is 0 Å². The van der Waals surface area contributed by atoms with Crippen molar-refractivity contribution >= 4 is 5.91 Å². The Labute approximate surface area is 96.4 Å². The zero-order chi connectivity index (χ0) is 12.3. The van der Waals surface area contributed by atoms with Gasteiger partial charge >= 0.3 is 0 Å². The van der Waals surface area contributed by atoms with Gasteiger partial charge in [-0.3, -0.25) is 9.48 Å². The fourth-order valence-electron chi connectivity index (χ4n) is 1.53. The molecule has 0 radical (unpaired) electrons. The monoisotopic (exact) mass is 224 g/mol. The maximum absolute atomic E-state index is 11.4. The Morgan fingerprint density at radius 2 is 2.06 bits per heavy atom. The summed E-state index contributed by atoms with van der Waals surface area (Å²) in [6.07, 6.45) is 0. The summed E-state index contributed by atoms with van der Waals surface area (Å²) in [6, 6.07) is 0. The van der Waals surface area contributed by atoms with Crippen molar-refractivity contribution in [2.45, 2.75) is 20.4 Å². The number of hydrogen-bond donors (Lipinski definition) is 1. The molecule has 0 spiro atoms. The van der Waals surface area contributed by atoms with Crippen molar-refractivity contribution in [3.05, 3.63) is 17.0 Å². The minimum atomic E-state index is 0.0826. The van der Waals surface area contributed by atoms with Crippen LogP contribution in [0.15, 0.2) is 0 Å². The van der Waals surface area contributed by atoms with E-state index in [1.165, 1.54) is 5.56 Å². The van der Waals surface area contributed by atoms with Gasteiger partial charge in [-0.25, -0.2) is 0 Å². The third-order valence-corrected chi connectivity index (χ3v) is 2.74. The van der Waals surface area contributed by atoms with Gasteiger partial charge in [-0.15, -0.1) is 0 Å². The van der Waals surface area contributed by atoms with E-state index in [0.717, 1.165) is 11.4 Å². The fourth-order valence-corrected chi connectivity index (χ4v) is 1.53. The molecule has 1 aromatic heterocycles. The summed E-state index contributed by atoms with van der Waals surface area (Å²) in [6.45, 7) is 5.06. The number of likely N-dealkylation sites (N-methyl/N-ethyl adjacent to an activating group) is 1. The molecule has 5 heteroatoms. The van der Waals surface area contributed by atoms with E-state index < -0.39 is 0 Å². The Morgan fingerprint density at radius 3 is 2.50 bits per heavy atom. The fraction of sp³-hybridized carbons (Fsp3) is 0.636. The molecule has 5 nitrogen and oxygen atoms in total. The Kier molecular flexibility index (Phi) is 4.06. The van der Waals surface area contributed by atoms with Crippen LogP contribution in [0.4, 0.5) is 0 Å². The SMILES string of the molecule is Cc1nn(C)c(C)c1CNCC(=O)N(C)C. The van der Waals surface area contributed by atoms with Crippen LogP contribution in [0.1, 0.15) is 17.0 Å². The molecule has 1 N–H and O–H groups in total. The molecule has 0 bridgehead atoms. The zero-order valence-electron chi connectivity index (χ0n) is 10.7. The summed E-state index contributed by atoms with van der Waals surface area (Å²) in [4.78, 5) is 12.9. The smallest absolute Gasteiger partial charge is 0.236 e. The molecule has 1 heterocycles. The molecule has 0 aliphatic heterocycles. The van der Waals surface area contributed by atoms with Crippen LogP contribution in [0, 0.1) is 13.8 Å². The minimum Gasteiger partial charge on any atom is -0.348 e. The van der Waals surface area contributed by atoms with Crippen LogP contribution < -0.4 is 5.32 Å². The van der Waals surface area contributed by atoms with Crippen LogP contribution in [-0.2, 0) is 18.4 Å². The number of aromatic nitrogens is 2. The molecule has 0 aromatic carbocycles. The molecule has 0 fully saturated rings. The number of nitrogens with one attached hydrogen (secondary N) is 1. The first-order valence-corrected chi connectivity index (χ1v) is 5.33. The van der Waals surface area contributed by atoms with E-state index in [1.807, 2.05) is 25.6 Å². The Balaban J connectivity index is 2.52. The summed E-state index contributed by atoms with van der Waals surface area (Å²) in [5.74, 6) is 0.0826. The van der Waals surface area contributed by atoms with Gasteiger partial charge in [0.15, 0.2) is 0 Å². The Morgan fingerprint density at radius 1 is 1.44 bits per heavy atom. The maximum Gasteiger partial charge on any atom is 0.236 e. The molecular formula is C11H20N4O. The van der Waals surface area contributed by atoms with Gasteiger partial charge in [0.1, 0.15) is 0 Å². The number of nitrogens with zero attached hydrogens (tertiary/aromatic N) is 3. The van der Waals surface area contributed by atoms with Gasteiger partial charge < -0.3 is 10.2 Å². The average molecular weight is 224 g/mol. The molecule has 1 aromatic rings. The lowest BCUT2D eigenvalue weighted by Gasteiger charge is -2.11. The van der Waals surface area contributed by atoms with E-state index in [0.29, 0.717) is 13.1 Å². The average Bonchev–Trinajstić information content (AvgIpc) is 2.44. The summed E-state index contributed by atoms with van der Waals surface area (Å²) in [5, 5.41) is 7.46. The third-order valence-electron chi connectivity index (χ3n) is 2.74. The van der Waals surface area contributed by atoms with Crippen molar-refractivity contribution in [2.24, 2.45) is 7.05 Å². The Bertz CT molecular complexity index is 382. The van der Waals surface area contributed by atoms with E-state index in [1.54, 1.807) is 19.0 Å². The molecule has 1 rings (SSSR count). The lowest BCUT2D eigenvalue weighted by molar-refractivity contribution is -0.127. The van der Waals surface area contributed by atoms with Gasteiger partial charge in [-0.1, -0.05) is 0 Å². The summed E-state index contributed by atoms with van der Waals surface area (Å²) >= 11 is 0. The number of carbonyl (C=O) groups is 1.